The summed E-state index contributed by atoms with van der Waals surface area (Å²) in [6.07, 6.45) is 0. The molecule has 1 aromatic carbocycles. The van der Waals surface area contributed by atoms with Gasteiger partial charge in [0, 0.05) is 24.5 Å². The van der Waals surface area contributed by atoms with Gasteiger partial charge in [0.2, 0.25) is 0 Å². The molecule has 16 heavy (non-hydrogen) atoms. The van der Waals surface area contributed by atoms with Crippen LogP contribution >= 0.6 is 12.6 Å². The highest BCUT2D eigenvalue weighted by atomic mass is 32.1. The first kappa shape index (κ1) is 13.4. The van der Waals surface area contributed by atoms with Crippen molar-refractivity contribution in [3.8, 4) is 0 Å². The van der Waals surface area contributed by atoms with Gasteiger partial charge in [-0.15, -0.1) is 0 Å². The topological polar surface area (TPSA) is 15.3 Å². The second-order valence-corrected chi connectivity index (χ2v) is 4.26. The third-order valence-corrected chi connectivity index (χ3v) is 2.89. The van der Waals surface area contributed by atoms with E-state index in [9.17, 15) is 0 Å². The van der Waals surface area contributed by atoms with Crippen LogP contribution in [0.15, 0.2) is 24.3 Å². The fourth-order valence-corrected chi connectivity index (χ4v) is 1.80. The molecule has 0 unspecified atom stereocenters. The quantitative estimate of drug-likeness (QED) is 0.710. The standard InChI is InChI=1S/C13H22N2S/c1-3-15(4-2)11-12-6-5-7-13(10-12)14-8-9-16/h5-7,10,14,16H,3-4,8-9,11H2,1-2H3. The van der Waals surface area contributed by atoms with E-state index in [0.717, 1.165) is 31.9 Å². The molecule has 0 fully saturated rings. The summed E-state index contributed by atoms with van der Waals surface area (Å²) in [5.74, 6) is 0.861. The zero-order valence-electron chi connectivity index (χ0n) is 10.2. The molecule has 0 radical (unpaired) electrons. The van der Waals surface area contributed by atoms with Gasteiger partial charge in [-0.2, -0.15) is 12.6 Å². The molecule has 0 saturated heterocycles. The van der Waals surface area contributed by atoms with E-state index in [2.05, 4.69) is 61.0 Å². The average molecular weight is 238 g/mol. The van der Waals surface area contributed by atoms with Crippen molar-refractivity contribution in [1.29, 1.82) is 0 Å². The number of benzene rings is 1. The number of hydrogen-bond donors (Lipinski definition) is 2. The Morgan fingerprint density at radius 1 is 1.25 bits per heavy atom. The van der Waals surface area contributed by atoms with Gasteiger partial charge in [-0.3, -0.25) is 4.90 Å². The van der Waals surface area contributed by atoms with Crippen molar-refractivity contribution in [2.45, 2.75) is 20.4 Å². The van der Waals surface area contributed by atoms with Crippen molar-refractivity contribution < 1.29 is 0 Å². The van der Waals surface area contributed by atoms with E-state index in [1.807, 2.05) is 0 Å². The van der Waals surface area contributed by atoms with Gasteiger partial charge >= 0.3 is 0 Å². The maximum Gasteiger partial charge on any atom is 0.0343 e. The predicted octanol–water partition coefficient (Wildman–Crippen LogP) is 2.87. The van der Waals surface area contributed by atoms with Crippen LogP contribution in [0, 0.1) is 0 Å². The largest absolute Gasteiger partial charge is 0.384 e. The maximum atomic E-state index is 4.19. The van der Waals surface area contributed by atoms with Crippen molar-refractivity contribution in [1.82, 2.24) is 4.90 Å². The van der Waals surface area contributed by atoms with Crippen LogP contribution in [0.4, 0.5) is 5.69 Å². The number of anilines is 1. The SMILES string of the molecule is CCN(CC)Cc1cccc(NCCS)c1. The van der Waals surface area contributed by atoms with Crippen molar-refractivity contribution in [3.05, 3.63) is 29.8 Å². The fraction of sp³-hybridized carbons (Fsp3) is 0.538. The highest BCUT2D eigenvalue weighted by Crippen LogP contribution is 2.12. The molecule has 0 saturated carbocycles. The predicted molar refractivity (Wildman–Crippen MR) is 75.4 cm³/mol. The van der Waals surface area contributed by atoms with Crippen molar-refractivity contribution in [2.75, 3.05) is 30.7 Å². The third kappa shape index (κ3) is 4.45. The summed E-state index contributed by atoms with van der Waals surface area (Å²) in [6, 6.07) is 8.63. The minimum atomic E-state index is 0.861. The molecule has 0 aliphatic heterocycles. The van der Waals surface area contributed by atoms with Crippen molar-refractivity contribution in [3.63, 3.8) is 0 Å². The molecule has 0 atom stereocenters. The van der Waals surface area contributed by atoms with E-state index in [1.165, 1.54) is 11.3 Å². The number of rotatable bonds is 7. The second-order valence-electron chi connectivity index (χ2n) is 3.81. The van der Waals surface area contributed by atoms with Crippen LogP contribution in [0.2, 0.25) is 0 Å². The summed E-state index contributed by atoms with van der Waals surface area (Å²) in [7, 11) is 0. The maximum absolute atomic E-state index is 4.19. The molecule has 0 aromatic heterocycles. The van der Waals surface area contributed by atoms with Crippen LogP contribution in [0.5, 0.6) is 0 Å². The number of hydrogen-bond acceptors (Lipinski definition) is 3. The van der Waals surface area contributed by atoms with Crippen molar-refractivity contribution >= 4 is 18.3 Å². The Balaban J connectivity index is 2.59. The van der Waals surface area contributed by atoms with E-state index in [1.54, 1.807) is 0 Å². The lowest BCUT2D eigenvalue weighted by molar-refractivity contribution is 0.296. The molecule has 0 aliphatic carbocycles. The molecule has 0 amide bonds. The average Bonchev–Trinajstić information content (AvgIpc) is 2.34. The van der Waals surface area contributed by atoms with E-state index >= 15 is 0 Å². The van der Waals surface area contributed by atoms with Gasteiger partial charge in [0.1, 0.15) is 0 Å². The molecule has 0 spiro atoms. The first-order valence-electron chi connectivity index (χ1n) is 5.96. The summed E-state index contributed by atoms with van der Waals surface area (Å²) < 4.78 is 0. The highest BCUT2D eigenvalue weighted by Gasteiger charge is 2.01. The normalized spacial score (nSPS) is 10.8. The first-order chi connectivity index (χ1) is 7.80. The van der Waals surface area contributed by atoms with Crippen LogP contribution < -0.4 is 5.32 Å². The molecule has 1 aromatic rings. The molecule has 0 bridgehead atoms. The zero-order valence-corrected chi connectivity index (χ0v) is 11.1. The Morgan fingerprint density at radius 3 is 2.62 bits per heavy atom. The Labute approximate surface area is 104 Å². The molecule has 1 N–H and O–H groups in total. The molecule has 90 valence electrons. The monoisotopic (exact) mass is 238 g/mol. The molecule has 1 rings (SSSR count). The summed E-state index contributed by atoms with van der Waals surface area (Å²) >= 11 is 4.19. The first-order valence-corrected chi connectivity index (χ1v) is 6.59. The minimum Gasteiger partial charge on any atom is -0.384 e. The summed E-state index contributed by atoms with van der Waals surface area (Å²) in [5.41, 5.74) is 2.56. The van der Waals surface area contributed by atoms with E-state index in [0.29, 0.717) is 0 Å². The van der Waals surface area contributed by atoms with Gasteiger partial charge in [-0.05, 0) is 30.8 Å². The van der Waals surface area contributed by atoms with Gasteiger partial charge in [0.05, 0.1) is 0 Å². The van der Waals surface area contributed by atoms with E-state index < -0.39 is 0 Å². The molecule has 3 heteroatoms. The van der Waals surface area contributed by atoms with Gasteiger partial charge < -0.3 is 5.32 Å². The fourth-order valence-electron chi connectivity index (χ4n) is 1.69. The molecular weight excluding hydrogens is 216 g/mol. The van der Waals surface area contributed by atoms with E-state index in [4.69, 9.17) is 0 Å². The number of thiol groups is 1. The van der Waals surface area contributed by atoms with Gasteiger partial charge in [-0.1, -0.05) is 26.0 Å². The smallest absolute Gasteiger partial charge is 0.0343 e. The lowest BCUT2D eigenvalue weighted by Gasteiger charge is -2.18. The summed E-state index contributed by atoms with van der Waals surface area (Å²) in [4.78, 5) is 2.41. The minimum absolute atomic E-state index is 0.861. The van der Waals surface area contributed by atoms with Crippen LogP contribution in [0.1, 0.15) is 19.4 Å². The molecule has 0 heterocycles. The Bertz CT molecular complexity index is 298. The second kappa shape index (κ2) is 7.58. The number of nitrogens with zero attached hydrogens (tertiary/aromatic N) is 1. The van der Waals surface area contributed by atoms with Crippen LogP contribution in [-0.2, 0) is 6.54 Å². The lowest BCUT2D eigenvalue weighted by Crippen LogP contribution is -2.22. The Morgan fingerprint density at radius 2 is 2.00 bits per heavy atom. The third-order valence-electron chi connectivity index (χ3n) is 2.67. The molecular formula is C13H22N2S. The van der Waals surface area contributed by atoms with E-state index in [-0.39, 0.29) is 0 Å². The van der Waals surface area contributed by atoms with Crippen molar-refractivity contribution in [2.24, 2.45) is 0 Å². The summed E-state index contributed by atoms with van der Waals surface area (Å²) in [6.45, 7) is 8.55. The Kier molecular flexibility index (Phi) is 6.34. The number of nitrogens with one attached hydrogen (secondary N) is 1. The highest BCUT2D eigenvalue weighted by molar-refractivity contribution is 7.80. The Hall–Kier alpha value is -0.670. The van der Waals surface area contributed by atoms with Gasteiger partial charge in [0.15, 0.2) is 0 Å². The van der Waals surface area contributed by atoms with Crippen LogP contribution in [0.3, 0.4) is 0 Å². The summed E-state index contributed by atoms with van der Waals surface area (Å²) in [5, 5.41) is 3.35. The van der Waals surface area contributed by atoms with Gasteiger partial charge in [-0.25, -0.2) is 0 Å². The van der Waals surface area contributed by atoms with Crippen LogP contribution in [-0.4, -0.2) is 30.3 Å². The molecule has 2 nitrogen and oxygen atoms in total. The lowest BCUT2D eigenvalue weighted by atomic mass is 10.2. The van der Waals surface area contributed by atoms with Gasteiger partial charge in [0.25, 0.3) is 0 Å². The molecule has 0 aliphatic rings. The zero-order chi connectivity index (χ0) is 11.8. The van der Waals surface area contributed by atoms with Crippen LogP contribution in [0.25, 0.3) is 0 Å².